The molecule has 0 aliphatic rings. The van der Waals surface area contributed by atoms with Crippen LogP contribution in [0.5, 0.6) is 5.75 Å². The van der Waals surface area contributed by atoms with Gasteiger partial charge in [0.05, 0.1) is 6.61 Å². The lowest BCUT2D eigenvalue weighted by Crippen LogP contribution is -1.90. The van der Waals surface area contributed by atoms with Gasteiger partial charge in [-0.2, -0.15) is 0 Å². The first-order valence-corrected chi connectivity index (χ1v) is 8.15. The van der Waals surface area contributed by atoms with Crippen molar-refractivity contribution in [2.75, 3.05) is 6.61 Å². The number of aryl methyl sites for hydroxylation is 1. The lowest BCUT2D eigenvalue weighted by atomic mass is 10.1. The summed E-state index contributed by atoms with van der Waals surface area (Å²) in [4.78, 5) is 0. The van der Waals surface area contributed by atoms with Crippen LogP contribution in [0.1, 0.15) is 49.8 Å². The molecule has 2 rings (SSSR count). The van der Waals surface area contributed by atoms with Crippen LogP contribution >= 0.6 is 0 Å². The third-order valence-corrected chi connectivity index (χ3v) is 3.54. The third-order valence-electron chi connectivity index (χ3n) is 3.54. The highest BCUT2D eigenvalue weighted by molar-refractivity contribution is 5.44. The van der Waals surface area contributed by atoms with Gasteiger partial charge in [-0.1, -0.05) is 43.7 Å². The summed E-state index contributed by atoms with van der Waals surface area (Å²) in [7, 11) is 0. The normalized spacial score (nSPS) is 9.91. The summed E-state index contributed by atoms with van der Waals surface area (Å²) in [5.41, 5.74) is 3.48. The first-order valence-electron chi connectivity index (χ1n) is 8.15. The van der Waals surface area contributed by atoms with E-state index in [1.54, 1.807) is 0 Å². The van der Waals surface area contributed by atoms with Gasteiger partial charge < -0.3 is 4.74 Å². The highest BCUT2D eigenvalue weighted by Crippen LogP contribution is 2.12. The zero-order chi connectivity index (χ0) is 15.6. The van der Waals surface area contributed by atoms with Crippen molar-refractivity contribution in [2.45, 2.75) is 39.5 Å². The van der Waals surface area contributed by atoms with E-state index in [2.05, 4.69) is 43.0 Å². The molecule has 22 heavy (non-hydrogen) atoms. The van der Waals surface area contributed by atoms with Crippen molar-refractivity contribution in [2.24, 2.45) is 0 Å². The lowest BCUT2D eigenvalue weighted by molar-refractivity contribution is 0.340. The molecule has 0 saturated carbocycles. The zero-order valence-electron chi connectivity index (χ0n) is 13.6. The van der Waals surface area contributed by atoms with Crippen molar-refractivity contribution in [1.82, 2.24) is 0 Å². The quantitative estimate of drug-likeness (QED) is 0.524. The van der Waals surface area contributed by atoms with Gasteiger partial charge in [-0.05, 0) is 61.7 Å². The van der Waals surface area contributed by atoms with Crippen LogP contribution in [-0.4, -0.2) is 6.61 Å². The van der Waals surface area contributed by atoms with Crippen LogP contribution in [0.25, 0.3) is 0 Å². The van der Waals surface area contributed by atoms with Crippen LogP contribution in [0.4, 0.5) is 0 Å². The molecule has 0 aliphatic heterocycles. The maximum absolute atomic E-state index is 5.43. The minimum Gasteiger partial charge on any atom is -0.494 e. The van der Waals surface area contributed by atoms with Crippen molar-refractivity contribution >= 4 is 0 Å². The van der Waals surface area contributed by atoms with E-state index >= 15 is 0 Å². The number of benzene rings is 2. The summed E-state index contributed by atoms with van der Waals surface area (Å²) >= 11 is 0. The van der Waals surface area contributed by atoms with Crippen molar-refractivity contribution in [3.63, 3.8) is 0 Å². The maximum Gasteiger partial charge on any atom is 0.119 e. The summed E-state index contributed by atoms with van der Waals surface area (Å²) in [6, 6.07) is 16.5. The Morgan fingerprint density at radius 2 is 1.36 bits per heavy atom. The molecule has 0 atom stereocenters. The van der Waals surface area contributed by atoms with Crippen LogP contribution in [-0.2, 0) is 6.42 Å². The molecule has 0 bridgehead atoms. The minimum atomic E-state index is 0.690. The highest BCUT2D eigenvalue weighted by Gasteiger charge is 1.94. The smallest absolute Gasteiger partial charge is 0.119 e. The van der Waals surface area contributed by atoms with Crippen LogP contribution < -0.4 is 4.74 Å². The Bertz CT molecular complexity index is 612. The van der Waals surface area contributed by atoms with E-state index in [1.165, 1.54) is 31.2 Å². The summed E-state index contributed by atoms with van der Waals surface area (Å²) in [5.74, 6) is 7.31. The van der Waals surface area contributed by atoms with Crippen LogP contribution in [0.15, 0.2) is 48.5 Å². The standard InChI is InChI=1S/C21H24O/c1-3-5-6-7-18-8-10-19(11-9-18)12-13-20-14-16-21(17-15-20)22-4-2/h8-11,14-17H,3-7H2,1-2H3. The predicted molar refractivity (Wildman–Crippen MR) is 93.3 cm³/mol. The second-order valence-corrected chi connectivity index (χ2v) is 5.36. The van der Waals surface area contributed by atoms with Crippen molar-refractivity contribution in [3.05, 3.63) is 65.2 Å². The van der Waals surface area contributed by atoms with Crippen LogP contribution in [0, 0.1) is 11.8 Å². The van der Waals surface area contributed by atoms with E-state index in [0.717, 1.165) is 16.9 Å². The Morgan fingerprint density at radius 1 is 0.773 bits per heavy atom. The van der Waals surface area contributed by atoms with E-state index < -0.39 is 0 Å². The number of rotatable bonds is 6. The molecule has 0 fully saturated rings. The Kier molecular flexibility index (Phi) is 6.58. The Labute approximate surface area is 134 Å². The van der Waals surface area contributed by atoms with Gasteiger partial charge >= 0.3 is 0 Å². The molecule has 1 nitrogen and oxygen atoms in total. The van der Waals surface area contributed by atoms with Gasteiger partial charge in [-0.25, -0.2) is 0 Å². The van der Waals surface area contributed by atoms with E-state index in [1.807, 2.05) is 31.2 Å². The maximum atomic E-state index is 5.43. The molecule has 0 aromatic heterocycles. The number of hydrogen-bond donors (Lipinski definition) is 0. The van der Waals surface area contributed by atoms with E-state index in [0.29, 0.717) is 6.61 Å². The topological polar surface area (TPSA) is 9.23 Å². The molecule has 0 aliphatic carbocycles. The van der Waals surface area contributed by atoms with Gasteiger partial charge in [0.15, 0.2) is 0 Å². The Balaban J connectivity index is 1.96. The van der Waals surface area contributed by atoms with E-state index in [-0.39, 0.29) is 0 Å². The second kappa shape index (κ2) is 8.95. The second-order valence-electron chi connectivity index (χ2n) is 5.36. The fraction of sp³-hybridized carbons (Fsp3) is 0.333. The SMILES string of the molecule is CCCCCc1ccc(C#Cc2ccc(OCC)cc2)cc1. The third kappa shape index (κ3) is 5.30. The molecular weight excluding hydrogens is 268 g/mol. The number of hydrogen-bond acceptors (Lipinski definition) is 1. The predicted octanol–water partition coefficient (Wildman–Crippen LogP) is 5.22. The first kappa shape index (κ1) is 16.2. The monoisotopic (exact) mass is 292 g/mol. The van der Waals surface area contributed by atoms with Gasteiger partial charge in [0.1, 0.15) is 5.75 Å². The molecule has 0 amide bonds. The van der Waals surface area contributed by atoms with Crippen LogP contribution in [0.3, 0.4) is 0 Å². The molecule has 0 saturated heterocycles. The molecule has 2 aromatic rings. The fourth-order valence-electron chi connectivity index (χ4n) is 2.28. The van der Waals surface area contributed by atoms with Crippen LogP contribution in [0.2, 0.25) is 0 Å². The molecule has 114 valence electrons. The average molecular weight is 292 g/mol. The molecule has 0 radical (unpaired) electrons. The molecule has 1 heteroatoms. The van der Waals surface area contributed by atoms with Gasteiger partial charge in [0, 0.05) is 11.1 Å². The summed E-state index contributed by atoms with van der Waals surface area (Å²) < 4.78 is 5.43. The average Bonchev–Trinajstić information content (AvgIpc) is 2.56. The van der Waals surface area contributed by atoms with E-state index in [4.69, 9.17) is 4.74 Å². The molecular formula is C21H24O. The van der Waals surface area contributed by atoms with Gasteiger partial charge in [0.25, 0.3) is 0 Å². The Hall–Kier alpha value is -2.20. The zero-order valence-corrected chi connectivity index (χ0v) is 13.6. The Morgan fingerprint density at radius 3 is 1.91 bits per heavy atom. The largest absolute Gasteiger partial charge is 0.494 e. The first-order chi connectivity index (χ1) is 10.8. The minimum absolute atomic E-state index is 0.690. The molecule has 0 spiro atoms. The molecule has 0 N–H and O–H groups in total. The highest BCUT2D eigenvalue weighted by atomic mass is 16.5. The molecule has 0 heterocycles. The lowest BCUT2D eigenvalue weighted by Gasteiger charge is -2.01. The molecule has 2 aromatic carbocycles. The van der Waals surface area contributed by atoms with Crippen molar-refractivity contribution < 1.29 is 4.74 Å². The summed E-state index contributed by atoms with van der Waals surface area (Å²) in [6.07, 6.45) is 5.01. The van der Waals surface area contributed by atoms with Gasteiger partial charge in [0.2, 0.25) is 0 Å². The van der Waals surface area contributed by atoms with Gasteiger partial charge in [-0.3, -0.25) is 0 Å². The molecule has 0 unspecified atom stereocenters. The fourth-order valence-corrected chi connectivity index (χ4v) is 2.28. The summed E-state index contributed by atoms with van der Waals surface area (Å²) in [6.45, 7) is 4.91. The number of unbranched alkanes of at least 4 members (excludes halogenated alkanes) is 2. The van der Waals surface area contributed by atoms with Crippen molar-refractivity contribution in [3.8, 4) is 17.6 Å². The van der Waals surface area contributed by atoms with Crippen molar-refractivity contribution in [1.29, 1.82) is 0 Å². The summed E-state index contributed by atoms with van der Waals surface area (Å²) in [5, 5.41) is 0. The number of ether oxygens (including phenoxy) is 1. The van der Waals surface area contributed by atoms with E-state index in [9.17, 15) is 0 Å². The van der Waals surface area contributed by atoms with Gasteiger partial charge in [-0.15, -0.1) is 0 Å².